The maximum atomic E-state index is 11.7. The van der Waals surface area contributed by atoms with Crippen LogP contribution in [0, 0.1) is 0 Å². The molecule has 1 N–H and O–H groups in total. The van der Waals surface area contributed by atoms with Crippen LogP contribution in [0.3, 0.4) is 0 Å². The fourth-order valence-corrected chi connectivity index (χ4v) is 9.14. The van der Waals surface area contributed by atoms with E-state index in [0.29, 0.717) is 6.42 Å². The van der Waals surface area contributed by atoms with Gasteiger partial charge in [0.25, 0.3) is 10.1 Å². The Morgan fingerprint density at radius 3 is 0.642 bits per heavy atom. The van der Waals surface area contributed by atoms with Gasteiger partial charge in [0.05, 0.1) is 31.9 Å². The molecule has 0 amide bonds. The predicted octanol–water partition coefficient (Wildman–Crippen LogP) is 16.4. The van der Waals surface area contributed by atoms with Crippen LogP contribution in [0.1, 0.15) is 278 Å². The van der Waals surface area contributed by atoms with Crippen LogP contribution < -0.4 is 0 Å². The standard InChI is InChI=1S/C48H99NO3S/c1-4-7-10-13-16-19-22-25-28-31-34-37-40-44-49(47-43-48-53(50,51)52,45-41-38-35-32-29-26-23-20-17-14-11-8-5-2)46-42-39-36-33-30-27-24-21-18-15-12-9-6-3/h4-48H2,1-3H3/p+1. The third-order valence-electron chi connectivity index (χ3n) is 12.2. The molecule has 0 aromatic carbocycles. The van der Waals surface area contributed by atoms with Crippen molar-refractivity contribution in [3.63, 3.8) is 0 Å². The summed E-state index contributed by atoms with van der Waals surface area (Å²) in [5.74, 6) is -0.0805. The second-order valence-electron chi connectivity index (χ2n) is 17.6. The summed E-state index contributed by atoms with van der Waals surface area (Å²) in [7, 11) is -3.90. The minimum absolute atomic E-state index is 0.0805. The summed E-state index contributed by atoms with van der Waals surface area (Å²) < 4.78 is 34.1. The van der Waals surface area contributed by atoms with Crippen LogP contribution in [-0.2, 0) is 10.1 Å². The smallest absolute Gasteiger partial charge is 0.265 e. The normalized spacial score (nSPS) is 12.3. The van der Waals surface area contributed by atoms with Crippen molar-refractivity contribution in [1.29, 1.82) is 0 Å². The average molecular weight is 771 g/mol. The summed E-state index contributed by atoms with van der Waals surface area (Å²) in [6.45, 7) is 11.4. The first-order valence-corrected chi connectivity index (χ1v) is 26.3. The Morgan fingerprint density at radius 1 is 0.283 bits per heavy atom. The Bertz CT molecular complexity index is 727. The molecule has 0 aliphatic rings. The van der Waals surface area contributed by atoms with Gasteiger partial charge in [-0.15, -0.1) is 0 Å². The van der Waals surface area contributed by atoms with E-state index in [4.69, 9.17) is 0 Å². The topological polar surface area (TPSA) is 54.4 Å². The van der Waals surface area contributed by atoms with Gasteiger partial charge in [-0.3, -0.25) is 4.55 Å². The fraction of sp³-hybridized carbons (Fsp3) is 1.00. The van der Waals surface area contributed by atoms with Crippen LogP contribution in [0.2, 0.25) is 0 Å². The highest BCUT2D eigenvalue weighted by Gasteiger charge is 2.26. The molecule has 0 aromatic heterocycles. The van der Waals surface area contributed by atoms with Crippen molar-refractivity contribution in [2.24, 2.45) is 0 Å². The first-order chi connectivity index (χ1) is 25.9. The molecular formula is C48H100NO3S+. The van der Waals surface area contributed by atoms with E-state index in [-0.39, 0.29) is 5.75 Å². The summed E-state index contributed by atoms with van der Waals surface area (Å²) in [4.78, 5) is 0. The Hall–Kier alpha value is -0.130. The number of unbranched alkanes of at least 4 members (excludes halogenated alkanes) is 36. The van der Waals surface area contributed by atoms with Crippen LogP contribution in [0.4, 0.5) is 0 Å². The van der Waals surface area contributed by atoms with Crippen molar-refractivity contribution in [1.82, 2.24) is 0 Å². The third kappa shape index (κ3) is 41.3. The largest absolute Gasteiger partial charge is 0.324 e. The van der Waals surface area contributed by atoms with Crippen LogP contribution in [0.15, 0.2) is 0 Å². The van der Waals surface area contributed by atoms with Gasteiger partial charge in [0, 0.05) is 6.42 Å². The van der Waals surface area contributed by atoms with Gasteiger partial charge in [-0.05, 0) is 38.5 Å². The van der Waals surface area contributed by atoms with E-state index in [2.05, 4.69) is 20.8 Å². The number of rotatable bonds is 46. The zero-order valence-corrected chi connectivity index (χ0v) is 37.8. The van der Waals surface area contributed by atoms with Crippen molar-refractivity contribution in [3.8, 4) is 0 Å². The van der Waals surface area contributed by atoms with Crippen LogP contribution >= 0.6 is 0 Å². The minimum atomic E-state index is -3.90. The number of hydrogen-bond donors (Lipinski definition) is 1. The van der Waals surface area contributed by atoms with Gasteiger partial charge in [0.15, 0.2) is 0 Å². The van der Waals surface area contributed by atoms with Gasteiger partial charge in [-0.2, -0.15) is 8.42 Å². The molecule has 320 valence electrons. The van der Waals surface area contributed by atoms with Gasteiger partial charge in [-0.25, -0.2) is 0 Å². The molecule has 0 spiro atoms. The molecule has 0 heterocycles. The van der Waals surface area contributed by atoms with Crippen molar-refractivity contribution in [2.45, 2.75) is 278 Å². The lowest BCUT2D eigenvalue weighted by Gasteiger charge is -2.39. The Kier molecular flexibility index (Phi) is 41.4. The van der Waals surface area contributed by atoms with Gasteiger partial charge < -0.3 is 4.48 Å². The molecule has 0 aliphatic carbocycles. The zero-order chi connectivity index (χ0) is 38.8. The first kappa shape index (κ1) is 52.9. The molecule has 0 radical (unpaired) electrons. The second kappa shape index (κ2) is 41.5. The van der Waals surface area contributed by atoms with Gasteiger partial charge >= 0.3 is 0 Å². The van der Waals surface area contributed by atoms with Gasteiger partial charge in [0.2, 0.25) is 0 Å². The zero-order valence-electron chi connectivity index (χ0n) is 36.9. The van der Waals surface area contributed by atoms with E-state index in [1.54, 1.807) is 0 Å². The van der Waals surface area contributed by atoms with Crippen LogP contribution in [0.25, 0.3) is 0 Å². The van der Waals surface area contributed by atoms with E-state index in [1.807, 2.05) is 0 Å². The maximum Gasteiger partial charge on any atom is 0.265 e. The highest BCUT2D eigenvalue weighted by atomic mass is 32.2. The predicted molar refractivity (Wildman–Crippen MR) is 238 cm³/mol. The maximum absolute atomic E-state index is 11.7. The Balaban J connectivity index is 4.74. The molecule has 5 heteroatoms. The summed E-state index contributed by atoms with van der Waals surface area (Å²) in [6, 6.07) is 0. The Labute approximate surface area is 335 Å². The van der Waals surface area contributed by atoms with E-state index in [0.717, 1.165) is 11.0 Å². The summed E-state index contributed by atoms with van der Waals surface area (Å²) in [5, 5.41) is 0. The lowest BCUT2D eigenvalue weighted by Crippen LogP contribution is -2.51. The molecule has 4 nitrogen and oxygen atoms in total. The molecule has 0 fully saturated rings. The van der Waals surface area contributed by atoms with Crippen LogP contribution in [0.5, 0.6) is 0 Å². The highest BCUT2D eigenvalue weighted by Crippen LogP contribution is 2.21. The van der Waals surface area contributed by atoms with Crippen molar-refractivity contribution in [2.75, 3.05) is 31.9 Å². The molecule has 0 aliphatic heterocycles. The summed E-state index contributed by atoms with van der Waals surface area (Å²) in [5.41, 5.74) is 0. The summed E-state index contributed by atoms with van der Waals surface area (Å²) >= 11 is 0. The van der Waals surface area contributed by atoms with Crippen LogP contribution in [-0.4, -0.2) is 49.4 Å². The molecule has 0 atom stereocenters. The lowest BCUT2D eigenvalue weighted by atomic mass is 10.0. The monoisotopic (exact) mass is 771 g/mol. The van der Waals surface area contributed by atoms with Gasteiger partial charge in [0.1, 0.15) is 0 Å². The molecule has 53 heavy (non-hydrogen) atoms. The second-order valence-corrected chi connectivity index (χ2v) is 19.2. The van der Waals surface area contributed by atoms with E-state index in [9.17, 15) is 13.0 Å². The van der Waals surface area contributed by atoms with E-state index in [1.165, 1.54) is 270 Å². The molecule has 0 bridgehead atoms. The third-order valence-corrected chi connectivity index (χ3v) is 13.0. The minimum Gasteiger partial charge on any atom is -0.324 e. The Morgan fingerprint density at radius 2 is 0.453 bits per heavy atom. The first-order valence-electron chi connectivity index (χ1n) is 24.7. The molecule has 0 saturated carbocycles. The highest BCUT2D eigenvalue weighted by molar-refractivity contribution is 7.85. The molecule has 0 aromatic rings. The SMILES string of the molecule is CCCCCCCCCCCCCCC[N+](CCCCCCCCCCCCCCC)(CCCCCCCCCCCCCCC)CCCS(=O)(=O)O. The number of quaternary nitrogens is 1. The summed E-state index contributed by atoms with van der Waals surface area (Å²) in [6.07, 6.45) is 54.4. The van der Waals surface area contributed by atoms with Crippen molar-refractivity contribution < 1.29 is 17.5 Å². The lowest BCUT2D eigenvalue weighted by molar-refractivity contribution is -0.928. The molecule has 0 unspecified atom stereocenters. The number of hydrogen-bond acceptors (Lipinski definition) is 2. The molecule has 0 saturated heterocycles. The average Bonchev–Trinajstić information content (AvgIpc) is 3.13. The molecular weight excluding hydrogens is 671 g/mol. The fourth-order valence-electron chi connectivity index (χ4n) is 8.65. The van der Waals surface area contributed by atoms with E-state index < -0.39 is 10.1 Å². The molecule has 0 rings (SSSR count). The van der Waals surface area contributed by atoms with E-state index >= 15 is 0 Å². The quantitative estimate of drug-likeness (QED) is 0.0381. The van der Waals surface area contributed by atoms with Crippen molar-refractivity contribution >= 4 is 10.1 Å². The van der Waals surface area contributed by atoms with Crippen molar-refractivity contribution in [3.05, 3.63) is 0 Å². The van der Waals surface area contributed by atoms with Gasteiger partial charge in [-0.1, -0.05) is 233 Å². The number of nitrogens with zero attached hydrogens (tertiary/aromatic N) is 1.